The Morgan fingerprint density at radius 3 is 2.31 bits per heavy atom. The minimum Gasteiger partial charge on any atom is -0.496 e. The molecule has 1 aliphatic heterocycles. The fourth-order valence-electron chi connectivity index (χ4n) is 4.34. The van der Waals surface area contributed by atoms with Crippen LogP contribution < -0.4 is 4.74 Å². The molecule has 4 aromatic rings. The Morgan fingerprint density at radius 2 is 1.63 bits per heavy atom. The molecule has 1 atom stereocenters. The van der Waals surface area contributed by atoms with E-state index in [1.807, 2.05) is 92.0 Å². The minimum atomic E-state index is -3.64. The Bertz CT molecular complexity index is 1490. The van der Waals surface area contributed by atoms with E-state index in [1.165, 1.54) is 10.7 Å². The van der Waals surface area contributed by atoms with E-state index in [2.05, 4.69) is 5.10 Å². The second kappa shape index (κ2) is 9.03. The highest BCUT2D eigenvalue weighted by molar-refractivity contribution is 7.88. The number of benzene rings is 3. The van der Waals surface area contributed by atoms with E-state index >= 15 is 0 Å². The quantitative estimate of drug-likeness (QED) is 0.386. The lowest BCUT2D eigenvalue weighted by molar-refractivity contribution is 0.375. The van der Waals surface area contributed by atoms with Crippen molar-refractivity contribution >= 4 is 15.7 Å². The second-order valence-electron chi connectivity index (χ2n) is 8.58. The zero-order valence-electron chi connectivity index (χ0n) is 19.8. The van der Waals surface area contributed by atoms with Crippen molar-refractivity contribution < 1.29 is 13.2 Å². The molecule has 0 radical (unpaired) electrons. The summed E-state index contributed by atoms with van der Waals surface area (Å²) in [5.41, 5.74) is 5.83. The lowest BCUT2D eigenvalue weighted by atomic mass is 9.96. The number of methoxy groups -OCH3 is 1. The first kappa shape index (κ1) is 22.9. The molecule has 7 nitrogen and oxygen atoms in total. The summed E-state index contributed by atoms with van der Waals surface area (Å²) in [5, 5.41) is 9.46. The van der Waals surface area contributed by atoms with Gasteiger partial charge >= 0.3 is 0 Å². The number of aromatic nitrogens is 2. The Balaban J connectivity index is 1.67. The van der Waals surface area contributed by atoms with Crippen LogP contribution in [0.1, 0.15) is 29.2 Å². The number of rotatable bonds is 6. The summed E-state index contributed by atoms with van der Waals surface area (Å²) in [6.07, 6.45) is 3.51. The Hall–Kier alpha value is -3.91. The number of hydrazone groups is 1. The smallest absolute Gasteiger partial charge is 0.247 e. The van der Waals surface area contributed by atoms with Gasteiger partial charge in [0.25, 0.3) is 0 Å². The average Bonchev–Trinajstić information content (AvgIpc) is 3.50. The van der Waals surface area contributed by atoms with Crippen LogP contribution in [0.5, 0.6) is 5.75 Å². The van der Waals surface area contributed by atoms with Gasteiger partial charge in [0.05, 0.1) is 30.8 Å². The molecule has 1 aliphatic rings. The first-order valence-electron chi connectivity index (χ1n) is 11.3. The maximum Gasteiger partial charge on any atom is 0.247 e. The van der Waals surface area contributed by atoms with Crippen molar-refractivity contribution in [2.75, 3.05) is 13.4 Å². The topological polar surface area (TPSA) is 76.8 Å². The van der Waals surface area contributed by atoms with Crippen molar-refractivity contribution in [3.63, 3.8) is 0 Å². The Kier molecular flexibility index (Phi) is 5.90. The van der Waals surface area contributed by atoms with Crippen LogP contribution in [-0.2, 0) is 10.0 Å². The van der Waals surface area contributed by atoms with Crippen molar-refractivity contribution in [1.29, 1.82) is 0 Å². The van der Waals surface area contributed by atoms with Crippen molar-refractivity contribution in [2.45, 2.75) is 19.4 Å². The maximum absolute atomic E-state index is 12.9. The Labute approximate surface area is 205 Å². The molecule has 35 heavy (non-hydrogen) atoms. The third-order valence-corrected chi connectivity index (χ3v) is 7.10. The predicted molar refractivity (Wildman–Crippen MR) is 137 cm³/mol. The largest absolute Gasteiger partial charge is 0.496 e. The van der Waals surface area contributed by atoms with Gasteiger partial charge in [-0.3, -0.25) is 0 Å². The van der Waals surface area contributed by atoms with Gasteiger partial charge in [-0.15, -0.1) is 0 Å². The van der Waals surface area contributed by atoms with E-state index in [0.29, 0.717) is 17.9 Å². The molecule has 5 rings (SSSR count). The van der Waals surface area contributed by atoms with Gasteiger partial charge in [-0.05, 0) is 36.8 Å². The monoisotopic (exact) mass is 486 g/mol. The third-order valence-electron chi connectivity index (χ3n) is 6.08. The summed E-state index contributed by atoms with van der Waals surface area (Å²) in [6, 6.07) is 24.8. The van der Waals surface area contributed by atoms with Gasteiger partial charge in [-0.1, -0.05) is 60.2 Å². The highest BCUT2D eigenvalue weighted by atomic mass is 32.2. The van der Waals surface area contributed by atoms with Crippen LogP contribution >= 0.6 is 0 Å². The van der Waals surface area contributed by atoms with Crippen molar-refractivity contribution in [3.05, 3.63) is 102 Å². The zero-order chi connectivity index (χ0) is 24.6. The van der Waals surface area contributed by atoms with Crippen molar-refractivity contribution in [1.82, 2.24) is 14.2 Å². The van der Waals surface area contributed by atoms with E-state index in [1.54, 1.807) is 11.8 Å². The molecule has 0 fully saturated rings. The number of sulfonamides is 1. The molecule has 0 unspecified atom stereocenters. The van der Waals surface area contributed by atoms with Crippen LogP contribution in [0.4, 0.5) is 0 Å². The third kappa shape index (κ3) is 4.44. The number of ether oxygens (including phenoxy) is 1. The molecular formula is C27H26N4O3S. The van der Waals surface area contributed by atoms with Crippen molar-refractivity contribution in [3.8, 4) is 22.7 Å². The fourth-order valence-corrected chi connectivity index (χ4v) is 5.24. The van der Waals surface area contributed by atoms with Crippen LogP contribution in [0.2, 0.25) is 0 Å². The normalized spacial score (nSPS) is 15.8. The average molecular weight is 487 g/mol. The van der Waals surface area contributed by atoms with Gasteiger partial charge in [0.2, 0.25) is 10.0 Å². The molecule has 0 N–H and O–H groups in total. The van der Waals surface area contributed by atoms with E-state index in [9.17, 15) is 8.42 Å². The van der Waals surface area contributed by atoms with Gasteiger partial charge in [-0.2, -0.15) is 14.6 Å². The summed E-state index contributed by atoms with van der Waals surface area (Å²) in [6.45, 7) is 2.02. The van der Waals surface area contributed by atoms with Gasteiger partial charge < -0.3 is 4.74 Å². The van der Waals surface area contributed by atoms with Gasteiger partial charge in [-0.25, -0.2) is 13.1 Å². The Morgan fingerprint density at radius 1 is 0.943 bits per heavy atom. The van der Waals surface area contributed by atoms with Crippen LogP contribution in [0, 0.1) is 6.92 Å². The SMILES string of the molecule is COc1ccccc1-c1nn(-c2ccccc2)cc1[C@@H]1CC(c2ccc(C)cc2)=NN1S(C)(=O)=O. The number of aryl methyl sites for hydroxylation is 1. The summed E-state index contributed by atoms with van der Waals surface area (Å²) in [5.74, 6) is 0.663. The molecule has 1 aromatic heterocycles. The zero-order valence-corrected chi connectivity index (χ0v) is 20.6. The molecule has 0 saturated heterocycles. The molecule has 8 heteroatoms. The minimum absolute atomic E-state index is 0.429. The summed E-state index contributed by atoms with van der Waals surface area (Å²) in [7, 11) is -2.03. The standard InChI is InChI=1S/C27H26N4O3S/c1-19-13-15-20(16-14-19)24-17-25(31(28-24)35(3,32)33)23-18-30(21-9-5-4-6-10-21)29-27(23)22-11-7-8-12-26(22)34-2/h4-16,18,25H,17H2,1-3H3/t25-/m0/s1. The number of para-hydroxylation sites is 2. The molecule has 0 aliphatic carbocycles. The van der Waals surface area contributed by atoms with Crippen molar-refractivity contribution in [2.24, 2.45) is 5.10 Å². The maximum atomic E-state index is 12.9. The number of nitrogens with zero attached hydrogens (tertiary/aromatic N) is 4. The second-order valence-corrected chi connectivity index (χ2v) is 10.4. The molecule has 3 aromatic carbocycles. The lowest BCUT2D eigenvalue weighted by Gasteiger charge is -2.21. The lowest BCUT2D eigenvalue weighted by Crippen LogP contribution is -2.26. The highest BCUT2D eigenvalue weighted by Crippen LogP contribution is 2.41. The van der Waals surface area contributed by atoms with E-state index in [4.69, 9.17) is 9.84 Å². The summed E-state index contributed by atoms with van der Waals surface area (Å²) in [4.78, 5) is 0. The van der Waals surface area contributed by atoms with E-state index in [-0.39, 0.29) is 0 Å². The van der Waals surface area contributed by atoms with Crippen LogP contribution in [-0.4, -0.2) is 41.7 Å². The van der Waals surface area contributed by atoms with E-state index < -0.39 is 16.1 Å². The molecule has 0 bridgehead atoms. The fraction of sp³-hybridized carbons (Fsp3) is 0.185. The molecule has 178 valence electrons. The highest BCUT2D eigenvalue weighted by Gasteiger charge is 2.37. The first-order valence-corrected chi connectivity index (χ1v) is 13.1. The van der Waals surface area contributed by atoms with Crippen LogP contribution in [0.15, 0.2) is 90.2 Å². The predicted octanol–water partition coefficient (Wildman–Crippen LogP) is 4.97. The van der Waals surface area contributed by atoms with Gasteiger partial charge in [0.15, 0.2) is 0 Å². The number of hydrogen-bond acceptors (Lipinski definition) is 5. The molecule has 0 spiro atoms. The first-order chi connectivity index (χ1) is 16.8. The van der Waals surface area contributed by atoms with Gasteiger partial charge in [0.1, 0.15) is 11.4 Å². The van der Waals surface area contributed by atoms with Crippen LogP contribution in [0.25, 0.3) is 16.9 Å². The van der Waals surface area contributed by atoms with Gasteiger partial charge in [0, 0.05) is 23.7 Å². The molecular weight excluding hydrogens is 460 g/mol. The molecule has 0 amide bonds. The number of hydrogen-bond donors (Lipinski definition) is 0. The van der Waals surface area contributed by atoms with E-state index in [0.717, 1.165) is 33.7 Å². The molecule has 2 heterocycles. The van der Waals surface area contributed by atoms with Crippen LogP contribution in [0.3, 0.4) is 0 Å². The molecule has 0 saturated carbocycles. The summed E-state index contributed by atoms with van der Waals surface area (Å²) >= 11 is 0. The summed E-state index contributed by atoms with van der Waals surface area (Å²) < 4.78 is 34.3.